The van der Waals surface area contributed by atoms with Crippen LogP contribution in [0, 0.1) is 35.5 Å². The molecule has 2 amide bonds. The Labute approximate surface area is 142 Å². The fraction of sp³-hybridized carbons (Fsp3) is 0.524. The van der Waals surface area contributed by atoms with Crippen LogP contribution in [0.25, 0.3) is 0 Å². The molecular formula is C21H23NO2. The molecule has 3 aliphatic carbocycles. The van der Waals surface area contributed by atoms with E-state index in [-0.39, 0.29) is 35.5 Å². The summed E-state index contributed by atoms with van der Waals surface area (Å²) >= 11 is 0. The number of amides is 2. The number of carbonyl (C=O) groups is 2. The first kappa shape index (κ1) is 14.4. The zero-order chi connectivity index (χ0) is 16.6. The highest BCUT2D eigenvalue weighted by molar-refractivity contribution is 6.22. The van der Waals surface area contributed by atoms with Crippen LogP contribution < -0.4 is 4.90 Å². The molecule has 3 nitrogen and oxygen atoms in total. The zero-order valence-corrected chi connectivity index (χ0v) is 14.2. The third kappa shape index (κ3) is 1.63. The molecule has 1 heterocycles. The number of nitrogens with zero attached hydrogens (tertiary/aromatic N) is 1. The molecule has 0 radical (unpaired) electrons. The average molecular weight is 321 g/mol. The first-order valence-corrected chi connectivity index (χ1v) is 9.26. The molecule has 0 aromatic heterocycles. The first-order chi connectivity index (χ1) is 11.6. The van der Waals surface area contributed by atoms with Crippen molar-refractivity contribution in [3.05, 3.63) is 41.5 Å². The maximum absolute atomic E-state index is 13.2. The van der Waals surface area contributed by atoms with Crippen LogP contribution in [-0.2, 0) is 9.59 Å². The van der Waals surface area contributed by atoms with Crippen molar-refractivity contribution in [1.82, 2.24) is 0 Å². The maximum atomic E-state index is 13.2. The minimum Gasteiger partial charge on any atom is -0.274 e. The Bertz CT molecular complexity index is 721. The zero-order valence-electron chi connectivity index (χ0n) is 14.2. The molecule has 5 rings (SSSR count). The van der Waals surface area contributed by atoms with E-state index in [0.717, 1.165) is 5.69 Å². The number of carbonyl (C=O) groups excluding carboxylic acids is 2. The highest BCUT2D eigenvalue weighted by Crippen LogP contribution is 2.61. The molecule has 2 bridgehead atoms. The Morgan fingerprint density at radius 3 is 1.83 bits per heavy atom. The third-order valence-electron chi connectivity index (χ3n) is 7.12. The van der Waals surface area contributed by atoms with E-state index in [1.54, 1.807) is 11.1 Å². The molecular weight excluding hydrogens is 298 g/mol. The predicted octanol–water partition coefficient (Wildman–Crippen LogP) is 3.80. The topological polar surface area (TPSA) is 37.4 Å². The van der Waals surface area contributed by atoms with Crippen LogP contribution in [0.3, 0.4) is 0 Å². The quantitative estimate of drug-likeness (QED) is 0.583. The van der Waals surface area contributed by atoms with Gasteiger partial charge in [0.25, 0.3) is 0 Å². The fourth-order valence-electron chi connectivity index (χ4n) is 6.27. The number of imide groups is 1. The van der Waals surface area contributed by atoms with Crippen molar-refractivity contribution < 1.29 is 9.59 Å². The van der Waals surface area contributed by atoms with E-state index in [0.29, 0.717) is 11.8 Å². The lowest BCUT2D eigenvalue weighted by atomic mass is 9.62. The molecule has 6 atom stereocenters. The van der Waals surface area contributed by atoms with Crippen LogP contribution in [0.5, 0.6) is 0 Å². The van der Waals surface area contributed by atoms with Gasteiger partial charge >= 0.3 is 0 Å². The summed E-state index contributed by atoms with van der Waals surface area (Å²) in [5.74, 6) is 1.52. The summed E-state index contributed by atoms with van der Waals surface area (Å²) in [5.41, 5.74) is 3.83. The molecule has 1 aliphatic heterocycles. The summed E-state index contributed by atoms with van der Waals surface area (Å²) in [6.45, 7) is 4.39. The van der Waals surface area contributed by atoms with E-state index >= 15 is 0 Å². The van der Waals surface area contributed by atoms with E-state index in [4.69, 9.17) is 0 Å². The molecule has 4 aliphatic rings. The molecule has 0 N–H and O–H groups in total. The monoisotopic (exact) mass is 321 g/mol. The Kier molecular flexibility index (Phi) is 2.89. The van der Waals surface area contributed by atoms with Gasteiger partial charge in [-0.15, -0.1) is 0 Å². The minimum atomic E-state index is -0.161. The van der Waals surface area contributed by atoms with E-state index in [1.807, 2.05) is 30.3 Å². The standard InChI is InChI=1S/C21H23NO2/c1-11-16-13-8-9-14(10-13)17(16)12(2)19-18(11)20(23)22(21(19)24)15-6-4-3-5-7-15/h3-7,11-14,18-19H,8-10H2,1-2H3/t11-,12+,13-,14-,18-,19+/m0/s1. The summed E-state index contributed by atoms with van der Waals surface area (Å²) in [4.78, 5) is 27.8. The molecule has 1 saturated heterocycles. The molecule has 0 unspecified atom stereocenters. The number of benzene rings is 1. The van der Waals surface area contributed by atoms with Gasteiger partial charge in [-0.1, -0.05) is 43.2 Å². The smallest absolute Gasteiger partial charge is 0.238 e. The molecule has 2 fully saturated rings. The molecule has 1 aromatic carbocycles. The second kappa shape index (κ2) is 4.81. The molecule has 24 heavy (non-hydrogen) atoms. The van der Waals surface area contributed by atoms with Gasteiger partial charge in [0, 0.05) is 0 Å². The minimum absolute atomic E-state index is 0.0184. The Morgan fingerprint density at radius 1 is 0.833 bits per heavy atom. The van der Waals surface area contributed by atoms with Gasteiger partial charge in [0.05, 0.1) is 17.5 Å². The number of hydrogen-bond donors (Lipinski definition) is 0. The summed E-state index contributed by atoms with van der Waals surface area (Å²) in [6, 6.07) is 9.44. The lowest BCUT2D eigenvalue weighted by Crippen LogP contribution is -2.38. The summed E-state index contributed by atoms with van der Waals surface area (Å²) in [5, 5.41) is 0. The Hall–Kier alpha value is -1.90. The van der Waals surface area contributed by atoms with Gasteiger partial charge < -0.3 is 0 Å². The van der Waals surface area contributed by atoms with Gasteiger partial charge in [-0.25, -0.2) is 0 Å². The Morgan fingerprint density at radius 2 is 1.33 bits per heavy atom. The summed E-state index contributed by atoms with van der Waals surface area (Å²) in [6.07, 6.45) is 3.83. The molecule has 1 aromatic rings. The first-order valence-electron chi connectivity index (χ1n) is 9.26. The van der Waals surface area contributed by atoms with Crippen molar-refractivity contribution in [3.8, 4) is 0 Å². The van der Waals surface area contributed by atoms with Gasteiger partial charge in [0.15, 0.2) is 0 Å². The number of para-hydroxylation sites is 1. The van der Waals surface area contributed by atoms with Crippen LogP contribution >= 0.6 is 0 Å². The second-order valence-electron chi connectivity index (χ2n) is 8.09. The number of rotatable bonds is 1. The number of anilines is 1. The van der Waals surface area contributed by atoms with Crippen LogP contribution in [0.2, 0.25) is 0 Å². The van der Waals surface area contributed by atoms with Gasteiger partial charge in [-0.2, -0.15) is 0 Å². The average Bonchev–Trinajstić information content (AvgIpc) is 3.26. The maximum Gasteiger partial charge on any atom is 0.238 e. The molecule has 1 saturated carbocycles. The molecule has 0 spiro atoms. The highest BCUT2D eigenvalue weighted by Gasteiger charge is 2.59. The van der Waals surface area contributed by atoms with Crippen LogP contribution in [-0.4, -0.2) is 11.8 Å². The van der Waals surface area contributed by atoms with E-state index in [9.17, 15) is 9.59 Å². The van der Waals surface area contributed by atoms with Gasteiger partial charge in [0.1, 0.15) is 0 Å². The normalized spacial score (nSPS) is 40.3. The lowest BCUT2D eigenvalue weighted by molar-refractivity contribution is -0.122. The van der Waals surface area contributed by atoms with Crippen molar-refractivity contribution in [2.75, 3.05) is 4.90 Å². The predicted molar refractivity (Wildman–Crippen MR) is 92.1 cm³/mol. The van der Waals surface area contributed by atoms with Crippen molar-refractivity contribution in [1.29, 1.82) is 0 Å². The van der Waals surface area contributed by atoms with Gasteiger partial charge in [-0.05, 0) is 55.1 Å². The van der Waals surface area contributed by atoms with Gasteiger partial charge in [-0.3, -0.25) is 14.5 Å². The van der Waals surface area contributed by atoms with Crippen LogP contribution in [0.1, 0.15) is 33.1 Å². The van der Waals surface area contributed by atoms with E-state index in [2.05, 4.69) is 13.8 Å². The van der Waals surface area contributed by atoms with E-state index in [1.165, 1.54) is 24.2 Å². The van der Waals surface area contributed by atoms with E-state index < -0.39 is 0 Å². The van der Waals surface area contributed by atoms with Crippen molar-refractivity contribution >= 4 is 17.5 Å². The fourth-order valence-corrected chi connectivity index (χ4v) is 6.27. The molecule has 3 heteroatoms. The Balaban J connectivity index is 1.60. The number of hydrogen-bond acceptors (Lipinski definition) is 2. The van der Waals surface area contributed by atoms with Crippen molar-refractivity contribution in [2.24, 2.45) is 35.5 Å². The third-order valence-corrected chi connectivity index (χ3v) is 7.12. The largest absolute Gasteiger partial charge is 0.274 e. The molecule has 124 valence electrons. The SMILES string of the molecule is C[C@@H]1C2=C([C@H]3CC[C@H]2C3)[C@H](C)[C@@H]2C(=O)N(c3ccccc3)C(=O)[C@@H]21. The van der Waals surface area contributed by atoms with Crippen LogP contribution in [0.15, 0.2) is 41.5 Å². The van der Waals surface area contributed by atoms with Crippen LogP contribution in [0.4, 0.5) is 5.69 Å². The van der Waals surface area contributed by atoms with Gasteiger partial charge in [0.2, 0.25) is 11.8 Å². The lowest BCUT2D eigenvalue weighted by Gasteiger charge is -2.39. The number of allylic oxidation sites excluding steroid dienone is 2. The number of fused-ring (bicyclic) bond motifs is 5. The second-order valence-corrected chi connectivity index (χ2v) is 8.09. The van der Waals surface area contributed by atoms with Crippen molar-refractivity contribution in [3.63, 3.8) is 0 Å². The van der Waals surface area contributed by atoms with Crippen molar-refractivity contribution in [2.45, 2.75) is 33.1 Å². The summed E-state index contributed by atoms with van der Waals surface area (Å²) in [7, 11) is 0. The summed E-state index contributed by atoms with van der Waals surface area (Å²) < 4.78 is 0. The highest BCUT2D eigenvalue weighted by atomic mass is 16.2.